The monoisotopic (exact) mass is 780 g/mol. The molecule has 0 saturated heterocycles. The third-order valence-corrected chi connectivity index (χ3v) is 11.3. The zero-order chi connectivity index (χ0) is 41.6. The number of para-hydroxylation sites is 1. The topological polar surface area (TPSA) is 63.8 Å². The SMILES string of the molecule is CC(C)(C)c1cc(-c2nc3c(-c4cc(-c5ccccc5)cc(-c5cc(-c6ccccc6)ccn5)c4)nccc3n2-c2ccccc2-c2ccccc2)c(O)c(C(C)(C)C)c1. The quantitative estimate of drug-likeness (QED) is 0.175. The minimum absolute atomic E-state index is 0.186. The minimum atomic E-state index is -0.328. The summed E-state index contributed by atoms with van der Waals surface area (Å²) in [7, 11) is 0. The van der Waals surface area contributed by atoms with Crippen LogP contribution in [0.15, 0.2) is 176 Å². The van der Waals surface area contributed by atoms with Crippen LogP contribution in [-0.2, 0) is 10.8 Å². The Bertz CT molecular complexity index is 2990. The van der Waals surface area contributed by atoms with Gasteiger partial charge in [-0.15, -0.1) is 0 Å². The average molecular weight is 781 g/mol. The van der Waals surface area contributed by atoms with Crippen LogP contribution in [0.2, 0.25) is 0 Å². The number of benzene rings is 6. The van der Waals surface area contributed by atoms with Gasteiger partial charge in [-0.2, -0.15) is 0 Å². The van der Waals surface area contributed by atoms with Crippen molar-refractivity contribution in [2.75, 3.05) is 0 Å². The minimum Gasteiger partial charge on any atom is -0.507 e. The van der Waals surface area contributed by atoms with Crippen molar-refractivity contribution in [2.45, 2.75) is 52.4 Å². The molecule has 9 rings (SSSR count). The third kappa shape index (κ3) is 7.28. The van der Waals surface area contributed by atoms with Crippen LogP contribution in [0.4, 0.5) is 0 Å². The number of rotatable bonds is 7. The van der Waals surface area contributed by atoms with Gasteiger partial charge in [0.25, 0.3) is 0 Å². The first-order valence-corrected chi connectivity index (χ1v) is 20.6. The highest BCUT2D eigenvalue weighted by molar-refractivity contribution is 5.97. The van der Waals surface area contributed by atoms with Crippen LogP contribution >= 0.6 is 0 Å². The summed E-state index contributed by atoms with van der Waals surface area (Å²) in [5, 5.41) is 12.4. The molecular weight excluding hydrogens is 733 g/mol. The number of hydrogen-bond acceptors (Lipinski definition) is 4. The zero-order valence-corrected chi connectivity index (χ0v) is 35.0. The van der Waals surface area contributed by atoms with Gasteiger partial charge in [-0.1, -0.05) is 157 Å². The van der Waals surface area contributed by atoms with Gasteiger partial charge >= 0.3 is 0 Å². The smallest absolute Gasteiger partial charge is 0.149 e. The molecule has 0 fully saturated rings. The second-order valence-corrected chi connectivity index (χ2v) is 17.6. The normalized spacial score (nSPS) is 11.9. The number of fused-ring (bicyclic) bond motifs is 1. The first-order chi connectivity index (χ1) is 28.9. The molecule has 0 saturated carbocycles. The van der Waals surface area contributed by atoms with Crippen LogP contribution in [0.25, 0.3) is 84.0 Å². The molecule has 0 unspecified atom stereocenters. The number of aromatic hydroxyl groups is 1. The Morgan fingerprint density at radius 3 is 1.72 bits per heavy atom. The molecule has 3 heterocycles. The van der Waals surface area contributed by atoms with Crippen molar-refractivity contribution in [3.63, 3.8) is 0 Å². The Morgan fingerprint density at radius 1 is 0.467 bits per heavy atom. The molecule has 3 aromatic heterocycles. The van der Waals surface area contributed by atoms with E-state index < -0.39 is 0 Å². The van der Waals surface area contributed by atoms with Crippen molar-refractivity contribution in [1.29, 1.82) is 0 Å². The molecule has 0 spiro atoms. The standard InChI is InChI=1S/C55H48N4O/c1-54(2,3)43-34-45(52(60)46(35-43)55(4,5)6)53-58-51-49(59(53)48-25-17-16-24-44(48)38-22-14-9-15-23-38)27-29-57-50(51)42-31-40(37-20-12-8-13-21-37)30-41(32-42)47-33-39(26-28-56-47)36-18-10-7-11-19-36/h7-35,60H,1-6H3. The van der Waals surface area contributed by atoms with Gasteiger partial charge in [0.15, 0.2) is 0 Å². The summed E-state index contributed by atoms with van der Waals surface area (Å²) in [5.74, 6) is 0.880. The molecule has 5 heteroatoms. The van der Waals surface area contributed by atoms with Crippen molar-refractivity contribution >= 4 is 11.0 Å². The summed E-state index contributed by atoms with van der Waals surface area (Å²) in [6, 6.07) is 56.9. The summed E-state index contributed by atoms with van der Waals surface area (Å²) in [6.07, 6.45) is 3.76. The van der Waals surface area contributed by atoms with Gasteiger partial charge in [0.1, 0.15) is 17.1 Å². The summed E-state index contributed by atoms with van der Waals surface area (Å²) >= 11 is 0. The van der Waals surface area contributed by atoms with E-state index in [-0.39, 0.29) is 16.6 Å². The fourth-order valence-corrected chi connectivity index (χ4v) is 8.09. The zero-order valence-electron chi connectivity index (χ0n) is 35.0. The first-order valence-electron chi connectivity index (χ1n) is 20.6. The third-order valence-electron chi connectivity index (χ3n) is 11.3. The molecule has 9 aromatic rings. The fourth-order valence-electron chi connectivity index (χ4n) is 8.09. The highest BCUT2D eigenvalue weighted by atomic mass is 16.3. The lowest BCUT2D eigenvalue weighted by Crippen LogP contribution is -2.17. The highest BCUT2D eigenvalue weighted by Gasteiger charge is 2.29. The van der Waals surface area contributed by atoms with Crippen LogP contribution in [0.5, 0.6) is 5.75 Å². The van der Waals surface area contributed by atoms with E-state index in [0.717, 1.165) is 83.7 Å². The van der Waals surface area contributed by atoms with Gasteiger partial charge in [-0.3, -0.25) is 14.5 Å². The predicted molar refractivity (Wildman–Crippen MR) is 248 cm³/mol. The van der Waals surface area contributed by atoms with E-state index >= 15 is 0 Å². The molecule has 0 aliphatic carbocycles. The molecule has 6 aromatic carbocycles. The molecule has 1 N–H and O–H groups in total. The van der Waals surface area contributed by atoms with Crippen LogP contribution < -0.4 is 0 Å². The second-order valence-electron chi connectivity index (χ2n) is 17.6. The summed E-state index contributed by atoms with van der Waals surface area (Å²) in [5.41, 5.74) is 14.7. The summed E-state index contributed by atoms with van der Waals surface area (Å²) in [6.45, 7) is 13.1. The Hall–Kier alpha value is -7.11. The van der Waals surface area contributed by atoms with Crippen LogP contribution in [0.1, 0.15) is 52.7 Å². The number of nitrogens with zero attached hydrogens (tertiary/aromatic N) is 4. The largest absolute Gasteiger partial charge is 0.507 e. The number of phenols is 1. The Kier molecular flexibility index (Phi) is 9.76. The van der Waals surface area contributed by atoms with Crippen molar-refractivity contribution in [3.8, 4) is 78.7 Å². The maximum absolute atomic E-state index is 12.4. The molecule has 0 aliphatic heterocycles. The molecule has 0 amide bonds. The van der Waals surface area contributed by atoms with Gasteiger partial charge in [0.05, 0.1) is 28.2 Å². The maximum atomic E-state index is 12.4. The van der Waals surface area contributed by atoms with E-state index in [1.54, 1.807) is 0 Å². The van der Waals surface area contributed by atoms with Crippen LogP contribution in [0, 0.1) is 0 Å². The van der Waals surface area contributed by atoms with Gasteiger partial charge in [-0.25, -0.2) is 4.98 Å². The van der Waals surface area contributed by atoms with Crippen LogP contribution in [-0.4, -0.2) is 24.6 Å². The Labute approximate surface area is 352 Å². The Morgan fingerprint density at radius 2 is 1.05 bits per heavy atom. The predicted octanol–water partition coefficient (Wildman–Crippen LogP) is 14.1. The molecule has 0 bridgehead atoms. The molecular formula is C55H48N4O. The lowest BCUT2D eigenvalue weighted by Gasteiger charge is -2.27. The van der Waals surface area contributed by atoms with Crippen molar-refractivity contribution in [2.24, 2.45) is 0 Å². The van der Waals surface area contributed by atoms with Crippen LogP contribution in [0.3, 0.4) is 0 Å². The van der Waals surface area contributed by atoms with Crippen molar-refractivity contribution in [1.82, 2.24) is 19.5 Å². The Balaban J connectivity index is 1.35. The number of hydrogen-bond donors (Lipinski definition) is 1. The molecule has 0 aliphatic rings. The molecule has 294 valence electrons. The average Bonchev–Trinajstić information content (AvgIpc) is 3.66. The van der Waals surface area contributed by atoms with Crippen molar-refractivity contribution in [3.05, 3.63) is 187 Å². The van der Waals surface area contributed by atoms with Gasteiger partial charge in [-0.05, 0) is 92.7 Å². The molecule has 0 atom stereocenters. The van der Waals surface area contributed by atoms with Gasteiger partial charge in [0, 0.05) is 34.6 Å². The van der Waals surface area contributed by atoms with E-state index in [2.05, 4.69) is 186 Å². The maximum Gasteiger partial charge on any atom is 0.149 e. The summed E-state index contributed by atoms with van der Waals surface area (Å²) < 4.78 is 2.21. The van der Waals surface area contributed by atoms with E-state index in [4.69, 9.17) is 15.0 Å². The molecule has 60 heavy (non-hydrogen) atoms. The van der Waals surface area contributed by atoms with Gasteiger partial charge in [0.2, 0.25) is 0 Å². The van der Waals surface area contributed by atoms with Gasteiger partial charge < -0.3 is 5.11 Å². The molecule has 5 nitrogen and oxygen atoms in total. The lowest BCUT2D eigenvalue weighted by atomic mass is 9.79. The lowest BCUT2D eigenvalue weighted by molar-refractivity contribution is 0.446. The summed E-state index contributed by atoms with van der Waals surface area (Å²) in [4.78, 5) is 15.6. The number of aromatic nitrogens is 4. The van der Waals surface area contributed by atoms with Crippen molar-refractivity contribution < 1.29 is 5.11 Å². The number of imidazole rings is 1. The first kappa shape index (κ1) is 38.4. The molecule has 0 radical (unpaired) electrons. The number of phenolic OH excluding ortho intramolecular Hbond substituents is 1. The van der Waals surface area contributed by atoms with E-state index in [0.29, 0.717) is 11.4 Å². The van der Waals surface area contributed by atoms with E-state index in [1.165, 1.54) is 0 Å². The van der Waals surface area contributed by atoms with E-state index in [1.807, 2.05) is 36.7 Å². The highest BCUT2D eigenvalue weighted by Crippen LogP contribution is 2.45. The second kappa shape index (κ2) is 15.2. The van der Waals surface area contributed by atoms with E-state index in [9.17, 15) is 5.11 Å². The fraction of sp³-hybridized carbons (Fsp3) is 0.145. The number of pyridine rings is 2.